The number of aromatic nitrogens is 1. The first-order valence-electron chi connectivity index (χ1n) is 9.76. The Labute approximate surface area is 170 Å². The molecule has 28 heavy (non-hydrogen) atoms. The van der Waals surface area contributed by atoms with Crippen LogP contribution >= 0.6 is 11.6 Å². The molecule has 6 heteroatoms. The van der Waals surface area contributed by atoms with Crippen LogP contribution in [0.2, 0.25) is 5.02 Å². The van der Waals surface area contributed by atoms with Crippen LogP contribution in [0.1, 0.15) is 30.4 Å². The molecule has 1 aromatic carbocycles. The molecule has 2 fully saturated rings. The van der Waals surface area contributed by atoms with E-state index >= 15 is 0 Å². The lowest BCUT2D eigenvalue weighted by atomic mass is 9.72. The van der Waals surface area contributed by atoms with Crippen LogP contribution in [0.25, 0.3) is 0 Å². The van der Waals surface area contributed by atoms with Gasteiger partial charge in [-0.1, -0.05) is 30.2 Å². The lowest BCUT2D eigenvalue weighted by Gasteiger charge is -2.50. The van der Waals surface area contributed by atoms with Crippen LogP contribution in [0.5, 0.6) is 0 Å². The van der Waals surface area contributed by atoms with Gasteiger partial charge < -0.3 is 10.2 Å². The Kier molecular flexibility index (Phi) is 5.36. The molecule has 2 amide bonds. The van der Waals surface area contributed by atoms with Gasteiger partial charge in [0.2, 0.25) is 11.8 Å². The van der Waals surface area contributed by atoms with E-state index in [0.717, 1.165) is 30.4 Å². The average Bonchev–Trinajstić information content (AvgIpc) is 2.63. The lowest BCUT2D eigenvalue weighted by molar-refractivity contribution is -0.158. The largest absolute Gasteiger partial charge is 0.351 e. The van der Waals surface area contributed by atoms with Gasteiger partial charge in [-0.3, -0.25) is 14.6 Å². The van der Waals surface area contributed by atoms with E-state index in [2.05, 4.69) is 10.3 Å². The van der Waals surface area contributed by atoms with Crippen LogP contribution < -0.4 is 5.32 Å². The molecule has 1 aliphatic carbocycles. The summed E-state index contributed by atoms with van der Waals surface area (Å²) >= 11 is 6.00. The van der Waals surface area contributed by atoms with Gasteiger partial charge in [0.1, 0.15) is 0 Å². The van der Waals surface area contributed by atoms with Crippen LogP contribution in [0, 0.1) is 11.3 Å². The van der Waals surface area contributed by atoms with Gasteiger partial charge in [0, 0.05) is 43.0 Å². The van der Waals surface area contributed by atoms with Gasteiger partial charge in [0.15, 0.2) is 0 Å². The monoisotopic (exact) mass is 397 g/mol. The van der Waals surface area contributed by atoms with Crippen molar-refractivity contribution in [1.29, 1.82) is 0 Å². The van der Waals surface area contributed by atoms with Crippen LogP contribution in [0.15, 0.2) is 48.8 Å². The molecule has 1 N–H and O–H groups in total. The molecule has 0 bridgehead atoms. The highest BCUT2D eigenvalue weighted by atomic mass is 35.5. The number of rotatable bonds is 6. The second kappa shape index (κ2) is 7.92. The summed E-state index contributed by atoms with van der Waals surface area (Å²) in [6.45, 7) is 1.42. The first kappa shape index (κ1) is 18.9. The number of nitrogens with zero attached hydrogens (tertiary/aromatic N) is 2. The minimum Gasteiger partial charge on any atom is -0.351 e. The van der Waals surface area contributed by atoms with Gasteiger partial charge in [-0.05, 0) is 54.7 Å². The predicted molar refractivity (Wildman–Crippen MR) is 108 cm³/mol. The normalized spacial score (nSPS) is 18.1. The number of amides is 2. The number of benzene rings is 1. The molecule has 2 heterocycles. The summed E-state index contributed by atoms with van der Waals surface area (Å²) in [5.74, 6) is 0.366. The summed E-state index contributed by atoms with van der Waals surface area (Å²) in [5.41, 5.74) is 1.48. The van der Waals surface area contributed by atoms with E-state index in [1.165, 1.54) is 0 Å². The molecule has 1 aliphatic heterocycles. The van der Waals surface area contributed by atoms with E-state index in [-0.39, 0.29) is 17.7 Å². The van der Waals surface area contributed by atoms with Crippen molar-refractivity contribution >= 4 is 23.4 Å². The van der Waals surface area contributed by atoms with Gasteiger partial charge in [-0.25, -0.2) is 0 Å². The number of likely N-dealkylation sites (tertiary alicyclic amines) is 1. The third kappa shape index (κ3) is 3.90. The summed E-state index contributed by atoms with van der Waals surface area (Å²) in [4.78, 5) is 31.5. The van der Waals surface area contributed by atoms with Crippen LogP contribution in [-0.2, 0) is 22.6 Å². The molecule has 4 rings (SSSR count). The molecule has 1 aromatic heterocycles. The molecule has 0 radical (unpaired) electrons. The Morgan fingerprint density at radius 2 is 1.75 bits per heavy atom. The van der Waals surface area contributed by atoms with Crippen LogP contribution in [-0.4, -0.2) is 34.8 Å². The van der Waals surface area contributed by atoms with E-state index in [1.54, 1.807) is 12.4 Å². The molecule has 0 atom stereocenters. The number of hydrogen-bond donors (Lipinski definition) is 1. The summed E-state index contributed by atoms with van der Waals surface area (Å²) < 4.78 is 0. The van der Waals surface area contributed by atoms with Gasteiger partial charge in [-0.15, -0.1) is 0 Å². The standard InChI is InChI=1S/C22H24ClN3O2/c23-19-6-4-16(5-7-19)12-22(14-26(15-22)20(27)18-2-1-3-18)21(28)25-13-17-8-10-24-11-9-17/h4-11,18H,1-3,12-15H2,(H,25,28). The maximum atomic E-state index is 13.1. The third-order valence-electron chi connectivity index (χ3n) is 5.89. The smallest absolute Gasteiger partial charge is 0.230 e. The lowest BCUT2D eigenvalue weighted by Crippen LogP contribution is -2.66. The van der Waals surface area contributed by atoms with Gasteiger partial charge in [-0.2, -0.15) is 0 Å². The zero-order valence-electron chi connectivity index (χ0n) is 15.7. The summed E-state index contributed by atoms with van der Waals surface area (Å²) in [5, 5.41) is 3.74. The molecular formula is C22H24ClN3O2. The Morgan fingerprint density at radius 3 is 2.36 bits per heavy atom. The number of nitrogens with one attached hydrogen (secondary N) is 1. The molecule has 1 saturated heterocycles. The fraction of sp³-hybridized carbons (Fsp3) is 0.409. The SMILES string of the molecule is O=C(C1CCC1)N1CC(Cc2ccc(Cl)cc2)(C(=O)NCc2ccncc2)C1. The fourth-order valence-electron chi connectivity index (χ4n) is 3.95. The maximum absolute atomic E-state index is 13.1. The first-order valence-corrected chi connectivity index (χ1v) is 10.1. The van der Waals surface area contributed by atoms with Crippen LogP contribution in [0.4, 0.5) is 0 Å². The number of halogens is 1. The number of carbonyl (C=O) groups excluding carboxylic acids is 2. The van der Waals surface area contributed by atoms with Gasteiger partial charge >= 0.3 is 0 Å². The van der Waals surface area contributed by atoms with E-state index in [4.69, 9.17) is 11.6 Å². The highest BCUT2D eigenvalue weighted by Gasteiger charge is 2.51. The Bertz CT molecular complexity index is 844. The quantitative estimate of drug-likeness (QED) is 0.814. The number of pyridine rings is 1. The highest BCUT2D eigenvalue weighted by molar-refractivity contribution is 6.30. The fourth-order valence-corrected chi connectivity index (χ4v) is 4.08. The Balaban J connectivity index is 1.46. The molecule has 2 aromatic rings. The van der Waals surface area contributed by atoms with Crippen molar-refractivity contribution in [2.45, 2.75) is 32.2 Å². The van der Waals surface area contributed by atoms with Crippen molar-refractivity contribution < 1.29 is 9.59 Å². The van der Waals surface area contributed by atoms with E-state index in [9.17, 15) is 9.59 Å². The minimum absolute atomic E-state index is 0.00285. The van der Waals surface area contributed by atoms with Crippen molar-refractivity contribution in [3.05, 3.63) is 64.9 Å². The summed E-state index contributed by atoms with van der Waals surface area (Å²) in [6, 6.07) is 11.4. The molecule has 5 nitrogen and oxygen atoms in total. The average molecular weight is 398 g/mol. The third-order valence-corrected chi connectivity index (χ3v) is 6.14. The maximum Gasteiger partial charge on any atom is 0.230 e. The van der Waals surface area contributed by atoms with Gasteiger partial charge in [0.05, 0.1) is 5.41 Å². The molecule has 0 spiro atoms. The van der Waals surface area contributed by atoms with Crippen molar-refractivity contribution in [3.8, 4) is 0 Å². The van der Waals surface area contributed by atoms with Gasteiger partial charge in [0.25, 0.3) is 0 Å². The zero-order valence-corrected chi connectivity index (χ0v) is 16.5. The van der Waals surface area contributed by atoms with Crippen LogP contribution in [0.3, 0.4) is 0 Å². The Morgan fingerprint density at radius 1 is 1.07 bits per heavy atom. The van der Waals surface area contributed by atoms with Crippen molar-refractivity contribution in [3.63, 3.8) is 0 Å². The number of carbonyl (C=O) groups is 2. The van der Waals surface area contributed by atoms with Crippen molar-refractivity contribution in [2.75, 3.05) is 13.1 Å². The minimum atomic E-state index is -0.583. The van der Waals surface area contributed by atoms with E-state index < -0.39 is 5.41 Å². The Hall–Kier alpha value is -2.40. The molecule has 2 aliphatic rings. The second-order valence-corrected chi connectivity index (χ2v) is 8.38. The first-order chi connectivity index (χ1) is 13.6. The van der Waals surface area contributed by atoms with Crippen molar-refractivity contribution in [1.82, 2.24) is 15.2 Å². The second-order valence-electron chi connectivity index (χ2n) is 7.94. The van der Waals surface area contributed by atoms with Crippen molar-refractivity contribution in [2.24, 2.45) is 11.3 Å². The van der Waals surface area contributed by atoms with E-state index in [1.807, 2.05) is 41.3 Å². The molecule has 0 unspecified atom stereocenters. The molecule has 146 valence electrons. The molecular weight excluding hydrogens is 374 g/mol. The highest BCUT2D eigenvalue weighted by Crippen LogP contribution is 2.38. The zero-order chi connectivity index (χ0) is 19.6. The predicted octanol–water partition coefficient (Wildman–Crippen LogP) is 3.22. The molecule has 1 saturated carbocycles. The number of hydrogen-bond acceptors (Lipinski definition) is 3. The summed E-state index contributed by atoms with van der Waals surface area (Å²) in [6.07, 6.45) is 7.12. The topological polar surface area (TPSA) is 62.3 Å². The van der Waals surface area contributed by atoms with E-state index in [0.29, 0.717) is 31.1 Å². The summed E-state index contributed by atoms with van der Waals surface area (Å²) in [7, 11) is 0.